The summed E-state index contributed by atoms with van der Waals surface area (Å²) in [5.41, 5.74) is 17.6. The van der Waals surface area contributed by atoms with Gasteiger partial charge in [0.1, 0.15) is 11.2 Å². The molecule has 0 unspecified atom stereocenters. The zero-order valence-corrected chi connectivity index (χ0v) is 35.2. The first-order valence-electron chi connectivity index (χ1n) is 22.1. The number of benzene rings is 11. The van der Waals surface area contributed by atoms with Crippen molar-refractivity contribution in [1.29, 1.82) is 0 Å². The topological polar surface area (TPSA) is 13.1 Å². The van der Waals surface area contributed by atoms with E-state index < -0.39 is 0 Å². The predicted molar refractivity (Wildman–Crippen MR) is 270 cm³/mol. The summed E-state index contributed by atoms with van der Waals surface area (Å²) in [6, 6.07) is 90.5. The van der Waals surface area contributed by atoms with E-state index in [-0.39, 0.29) is 5.92 Å². The molecule has 0 aliphatic heterocycles. The Morgan fingerprint density at radius 2 is 0.578 bits per heavy atom. The quantitative estimate of drug-likeness (QED) is 0.139. The van der Waals surface area contributed by atoms with Gasteiger partial charge in [-0.05, 0) is 94.4 Å². The number of hydrogen-bond donors (Lipinski definition) is 0. The molecule has 1 heteroatoms. The Hall–Kier alpha value is -8.26. The smallest absolute Gasteiger partial charge is 0.143 e. The van der Waals surface area contributed by atoms with Crippen molar-refractivity contribution < 1.29 is 4.42 Å². The van der Waals surface area contributed by atoms with E-state index in [4.69, 9.17) is 4.42 Å². The molecule has 0 aliphatic rings. The largest absolute Gasteiger partial charge is 0.455 e. The zero-order chi connectivity index (χ0) is 42.4. The molecule has 12 aromatic rings. The van der Waals surface area contributed by atoms with Crippen LogP contribution in [0.5, 0.6) is 0 Å². The van der Waals surface area contributed by atoms with Crippen LogP contribution in [0.2, 0.25) is 0 Å². The lowest BCUT2D eigenvalue weighted by atomic mass is 9.82. The monoisotopic (exact) mass is 814 g/mol. The van der Waals surface area contributed by atoms with E-state index >= 15 is 0 Å². The molecule has 1 heterocycles. The first-order chi connectivity index (χ1) is 31.7. The fourth-order valence-corrected chi connectivity index (χ4v) is 9.98. The maximum Gasteiger partial charge on any atom is 0.143 e. The molecule has 0 saturated heterocycles. The maximum absolute atomic E-state index is 6.46. The van der Waals surface area contributed by atoms with E-state index in [0.717, 1.165) is 33.1 Å². The molecular weight excluding hydrogens is 773 g/mol. The number of hydrogen-bond acceptors (Lipinski definition) is 1. The Labute approximate surface area is 373 Å². The summed E-state index contributed by atoms with van der Waals surface area (Å²) < 4.78 is 6.46. The molecule has 0 amide bonds. The second-order valence-electron chi connectivity index (χ2n) is 16.7. The van der Waals surface area contributed by atoms with E-state index in [0.29, 0.717) is 0 Å². The molecule has 0 bridgehead atoms. The standard InChI is InChI=1S/C63H42O/c1-3-18-50-42(14-1)16-11-26-57(50)55-22-7-5-20-52(55)44-30-36-47(37-31-44)62(49-40-34-46(35-41-49)54-25-13-28-60-59-24-9-10-29-61(59)64-63(54)60)48-38-32-45(33-39-48)53-21-6-8-23-56(53)58-27-12-17-43-15-2-4-19-51(43)58/h1-41,62H. The summed E-state index contributed by atoms with van der Waals surface area (Å²) in [4.78, 5) is 0. The SMILES string of the molecule is c1ccc(-c2cccc3ccccc23)c(-c2ccc(C(c3ccc(-c4ccccc4-c4cccc5ccccc45)cc3)c3ccc(-c4cccc5c4oc4ccccc45)cc3)cc2)c1. The lowest BCUT2D eigenvalue weighted by Gasteiger charge is -2.21. The molecule has 12 rings (SSSR count). The van der Waals surface area contributed by atoms with Crippen molar-refractivity contribution >= 4 is 43.5 Å². The molecule has 1 nitrogen and oxygen atoms in total. The van der Waals surface area contributed by atoms with Crippen LogP contribution in [0.15, 0.2) is 253 Å². The Bertz CT molecular complexity index is 3470. The minimum absolute atomic E-state index is 0.000708. The van der Waals surface area contributed by atoms with Crippen LogP contribution in [-0.2, 0) is 0 Å². The molecule has 64 heavy (non-hydrogen) atoms. The van der Waals surface area contributed by atoms with Crippen LogP contribution in [-0.4, -0.2) is 0 Å². The van der Waals surface area contributed by atoms with Gasteiger partial charge >= 0.3 is 0 Å². The summed E-state index contributed by atoms with van der Waals surface area (Å²) in [5, 5.41) is 7.30. The third-order valence-electron chi connectivity index (χ3n) is 13.1. The Morgan fingerprint density at radius 3 is 1.09 bits per heavy atom. The van der Waals surface area contributed by atoms with Gasteiger partial charge in [0.25, 0.3) is 0 Å². The van der Waals surface area contributed by atoms with Gasteiger partial charge in [-0.2, -0.15) is 0 Å². The van der Waals surface area contributed by atoms with Gasteiger partial charge in [-0.25, -0.2) is 0 Å². The molecule has 0 radical (unpaired) electrons. The lowest BCUT2D eigenvalue weighted by molar-refractivity contribution is 0.670. The Balaban J connectivity index is 0.949. The molecule has 300 valence electrons. The van der Waals surface area contributed by atoms with Gasteiger partial charge in [0.05, 0.1) is 0 Å². The highest BCUT2D eigenvalue weighted by molar-refractivity contribution is 6.09. The first-order valence-corrected chi connectivity index (χ1v) is 22.1. The van der Waals surface area contributed by atoms with Crippen molar-refractivity contribution in [1.82, 2.24) is 0 Å². The van der Waals surface area contributed by atoms with Gasteiger partial charge in [-0.3, -0.25) is 0 Å². The summed E-state index contributed by atoms with van der Waals surface area (Å²) in [6.45, 7) is 0. The van der Waals surface area contributed by atoms with Gasteiger partial charge in [-0.15, -0.1) is 0 Å². The highest BCUT2D eigenvalue weighted by atomic mass is 16.3. The average Bonchev–Trinajstić information content (AvgIpc) is 3.76. The average molecular weight is 815 g/mol. The van der Waals surface area contributed by atoms with Gasteiger partial charge in [0, 0.05) is 22.3 Å². The van der Waals surface area contributed by atoms with Crippen LogP contribution in [0.3, 0.4) is 0 Å². The molecule has 0 atom stereocenters. The normalized spacial score (nSPS) is 11.6. The third-order valence-corrected chi connectivity index (χ3v) is 13.1. The molecule has 0 fully saturated rings. The molecule has 0 aliphatic carbocycles. The number of rotatable bonds is 8. The van der Waals surface area contributed by atoms with E-state index in [1.165, 1.54) is 82.7 Å². The van der Waals surface area contributed by atoms with Gasteiger partial charge in [0.15, 0.2) is 0 Å². The Morgan fingerprint density at radius 1 is 0.234 bits per heavy atom. The van der Waals surface area contributed by atoms with Crippen molar-refractivity contribution in [3.05, 3.63) is 265 Å². The minimum atomic E-state index is 0.000708. The minimum Gasteiger partial charge on any atom is -0.455 e. The molecular formula is C63H42O. The van der Waals surface area contributed by atoms with Crippen LogP contribution >= 0.6 is 0 Å². The van der Waals surface area contributed by atoms with Crippen LogP contribution in [0.1, 0.15) is 22.6 Å². The van der Waals surface area contributed by atoms with E-state index in [2.05, 4.69) is 237 Å². The van der Waals surface area contributed by atoms with Crippen molar-refractivity contribution in [2.24, 2.45) is 0 Å². The van der Waals surface area contributed by atoms with Crippen molar-refractivity contribution in [3.8, 4) is 55.6 Å². The Kier molecular flexibility index (Phi) is 9.31. The summed E-state index contributed by atoms with van der Waals surface area (Å²) >= 11 is 0. The fourth-order valence-electron chi connectivity index (χ4n) is 9.98. The highest BCUT2D eigenvalue weighted by Gasteiger charge is 2.20. The van der Waals surface area contributed by atoms with Crippen LogP contribution < -0.4 is 0 Å². The second kappa shape index (κ2) is 15.9. The number of fused-ring (bicyclic) bond motifs is 5. The lowest BCUT2D eigenvalue weighted by Crippen LogP contribution is -2.04. The zero-order valence-electron chi connectivity index (χ0n) is 35.2. The van der Waals surface area contributed by atoms with Crippen molar-refractivity contribution in [3.63, 3.8) is 0 Å². The van der Waals surface area contributed by atoms with Crippen molar-refractivity contribution in [2.45, 2.75) is 5.92 Å². The summed E-state index contributed by atoms with van der Waals surface area (Å²) in [5.74, 6) is 0.000708. The van der Waals surface area contributed by atoms with Crippen LogP contribution in [0.4, 0.5) is 0 Å². The van der Waals surface area contributed by atoms with Gasteiger partial charge in [-0.1, -0.05) is 243 Å². The molecule has 11 aromatic carbocycles. The van der Waals surface area contributed by atoms with Gasteiger partial charge < -0.3 is 4.42 Å². The third kappa shape index (κ3) is 6.58. The molecule has 0 N–H and O–H groups in total. The molecule has 0 saturated carbocycles. The number of para-hydroxylation sites is 2. The molecule has 0 spiro atoms. The van der Waals surface area contributed by atoms with Crippen molar-refractivity contribution in [2.75, 3.05) is 0 Å². The predicted octanol–water partition coefficient (Wildman–Crippen LogP) is 17.4. The maximum atomic E-state index is 6.46. The number of furan rings is 1. The van der Waals surface area contributed by atoms with Crippen LogP contribution in [0.25, 0.3) is 99.1 Å². The van der Waals surface area contributed by atoms with E-state index in [1.807, 2.05) is 12.1 Å². The van der Waals surface area contributed by atoms with Gasteiger partial charge in [0.2, 0.25) is 0 Å². The fraction of sp³-hybridized carbons (Fsp3) is 0.0159. The molecule has 1 aromatic heterocycles. The van der Waals surface area contributed by atoms with E-state index in [9.17, 15) is 0 Å². The first kappa shape index (κ1) is 37.5. The second-order valence-corrected chi connectivity index (χ2v) is 16.7. The summed E-state index contributed by atoms with van der Waals surface area (Å²) in [7, 11) is 0. The van der Waals surface area contributed by atoms with Crippen LogP contribution in [0, 0.1) is 0 Å². The highest BCUT2D eigenvalue weighted by Crippen LogP contribution is 2.42. The summed E-state index contributed by atoms with van der Waals surface area (Å²) in [6.07, 6.45) is 0. The van der Waals surface area contributed by atoms with E-state index in [1.54, 1.807) is 0 Å².